The Morgan fingerprint density at radius 1 is 1.64 bits per heavy atom. The monoisotopic (exact) mass is 161 g/mol. The van der Waals surface area contributed by atoms with Gasteiger partial charge >= 0.3 is 0 Å². The van der Waals surface area contributed by atoms with Crippen LogP contribution < -0.4 is 5.73 Å². The molecule has 4 heteroatoms. The third kappa shape index (κ3) is 1.57. The maximum Gasteiger partial charge on any atom is 0.270 e. The van der Waals surface area contributed by atoms with Crippen LogP contribution in [0, 0.1) is 0 Å². The van der Waals surface area contributed by atoms with Crippen LogP contribution in [0.15, 0.2) is 23.9 Å². The Morgan fingerprint density at radius 3 is 2.64 bits per heavy atom. The largest absolute Gasteiger partial charge is 0.402 e. The van der Waals surface area contributed by atoms with E-state index >= 15 is 0 Å². The van der Waals surface area contributed by atoms with Gasteiger partial charge in [0.05, 0.1) is 0 Å². The van der Waals surface area contributed by atoms with Gasteiger partial charge in [-0.25, -0.2) is 8.78 Å². The molecule has 1 atom stereocenters. The van der Waals surface area contributed by atoms with Crippen molar-refractivity contribution in [2.45, 2.75) is 18.4 Å². The van der Waals surface area contributed by atoms with Gasteiger partial charge in [0.25, 0.3) is 6.43 Å². The maximum atomic E-state index is 12.1. The molecule has 1 rings (SSSR count). The van der Waals surface area contributed by atoms with Crippen molar-refractivity contribution >= 4 is 0 Å². The standard InChI is InChI=1S/C7H9F2NO/c8-6(9)7(11)3-1-2-5(10)4-7/h1-3,6,11H,4,10H2. The lowest BCUT2D eigenvalue weighted by molar-refractivity contribution is -0.0618. The lowest BCUT2D eigenvalue weighted by Crippen LogP contribution is -2.37. The molecule has 1 aliphatic rings. The van der Waals surface area contributed by atoms with Crippen molar-refractivity contribution < 1.29 is 13.9 Å². The van der Waals surface area contributed by atoms with Gasteiger partial charge in [-0.1, -0.05) is 6.08 Å². The molecule has 0 spiro atoms. The Bertz CT molecular complexity index is 212. The molecule has 1 aliphatic carbocycles. The number of halogens is 2. The topological polar surface area (TPSA) is 46.2 Å². The third-order valence-corrected chi connectivity index (χ3v) is 1.56. The van der Waals surface area contributed by atoms with Crippen LogP contribution in [0.2, 0.25) is 0 Å². The molecule has 0 saturated carbocycles. The predicted octanol–water partition coefficient (Wildman–Crippen LogP) is 0.785. The van der Waals surface area contributed by atoms with Gasteiger partial charge in [-0.05, 0) is 12.2 Å². The number of rotatable bonds is 1. The minimum absolute atomic E-state index is 0.193. The van der Waals surface area contributed by atoms with Gasteiger partial charge in [-0.15, -0.1) is 0 Å². The fourth-order valence-corrected chi connectivity index (χ4v) is 0.933. The van der Waals surface area contributed by atoms with Crippen LogP contribution >= 0.6 is 0 Å². The van der Waals surface area contributed by atoms with E-state index in [4.69, 9.17) is 10.8 Å². The van der Waals surface area contributed by atoms with Crippen LogP contribution in [-0.2, 0) is 0 Å². The minimum Gasteiger partial charge on any atom is -0.402 e. The second-order valence-corrected chi connectivity index (χ2v) is 2.57. The van der Waals surface area contributed by atoms with Crippen LogP contribution in [-0.4, -0.2) is 17.1 Å². The number of nitrogens with two attached hydrogens (primary N) is 1. The van der Waals surface area contributed by atoms with Crippen molar-refractivity contribution in [1.29, 1.82) is 0 Å². The van der Waals surface area contributed by atoms with Crippen LogP contribution in [0.4, 0.5) is 8.78 Å². The fraction of sp³-hybridized carbons (Fsp3) is 0.429. The Kier molecular flexibility index (Phi) is 1.95. The molecule has 0 aromatic carbocycles. The van der Waals surface area contributed by atoms with Crippen LogP contribution in [0.1, 0.15) is 6.42 Å². The smallest absolute Gasteiger partial charge is 0.270 e. The van der Waals surface area contributed by atoms with E-state index < -0.39 is 12.0 Å². The van der Waals surface area contributed by atoms with E-state index in [-0.39, 0.29) is 12.1 Å². The zero-order valence-corrected chi connectivity index (χ0v) is 5.80. The SMILES string of the molecule is NC1=CC=CC(O)(C(F)F)C1. The van der Waals surface area contributed by atoms with Crippen molar-refractivity contribution in [2.24, 2.45) is 5.73 Å². The Morgan fingerprint density at radius 2 is 2.27 bits per heavy atom. The zero-order valence-electron chi connectivity index (χ0n) is 5.80. The van der Waals surface area contributed by atoms with Gasteiger partial charge in [0.1, 0.15) is 5.60 Å². The molecule has 0 saturated heterocycles. The van der Waals surface area contributed by atoms with E-state index in [2.05, 4.69) is 0 Å². The molecule has 0 radical (unpaired) electrons. The second-order valence-electron chi connectivity index (χ2n) is 2.57. The van der Waals surface area contributed by atoms with Gasteiger partial charge in [0.2, 0.25) is 0 Å². The molecule has 0 aliphatic heterocycles. The first-order valence-electron chi connectivity index (χ1n) is 3.19. The first kappa shape index (κ1) is 8.20. The summed E-state index contributed by atoms with van der Waals surface area (Å²) in [6, 6.07) is 0. The summed E-state index contributed by atoms with van der Waals surface area (Å²) in [6.45, 7) is 0. The highest BCUT2D eigenvalue weighted by Gasteiger charge is 2.36. The van der Waals surface area contributed by atoms with Gasteiger partial charge in [0, 0.05) is 12.1 Å². The van der Waals surface area contributed by atoms with Gasteiger partial charge in [0.15, 0.2) is 0 Å². The summed E-state index contributed by atoms with van der Waals surface area (Å²) in [6.07, 6.45) is 0.919. The van der Waals surface area contributed by atoms with Gasteiger partial charge in [-0.3, -0.25) is 0 Å². The summed E-state index contributed by atoms with van der Waals surface area (Å²) < 4.78 is 24.2. The van der Waals surface area contributed by atoms with E-state index in [9.17, 15) is 8.78 Å². The van der Waals surface area contributed by atoms with E-state index in [1.807, 2.05) is 0 Å². The van der Waals surface area contributed by atoms with Crippen LogP contribution in [0.5, 0.6) is 0 Å². The van der Waals surface area contributed by atoms with Crippen molar-refractivity contribution in [3.8, 4) is 0 Å². The molecule has 11 heavy (non-hydrogen) atoms. The fourth-order valence-electron chi connectivity index (χ4n) is 0.933. The molecule has 0 bridgehead atoms. The van der Waals surface area contributed by atoms with E-state index in [0.717, 1.165) is 6.08 Å². The molecule has 0 aromatic rings. The summed E-state index contributed by atoms with van der Waals surface area (Å²) in [5.41, 5.74) is 3.48. The van der Waals surface area contributed by atoms with E-state index in [1.54, 1.807) is 0 Å². The Labute approximate surface area is 63.0 Å². The molecule has 0 fully saturated rings. The number of alkyl halides is 2. The molecule has 0 aromatic heterocycles. The van der Waals surface area contributed by atoms with E-state index in [1.165, 1.54) is 12.2 Å². The van der Waals surface area contributed by atoms with E-state index in [0.29, 0.717) is 0 Å². The van der Waals surface area contributed by atoms with Crippen molar-refractivity contribution in [2.75, 3.05) is 0 Å². The second kappa shape index (κ2) is 2.62. The highest BCUT2D eigenvalue weighted by Crippen LogP contribution is 2.26. The van der Waals surface area contributed by atoms with Crippen LogP contribution in [0.25, 0.3) is 0 Å². The lowest BCUT2D eigenvalue weighted by atomic mass is 9.94. The van der Waals surface area contributed by atoms with Crippen molar-refractivity contribution in [3.05, 3.63) is 23.9 Å². The summed E-state index contributed by atoms with van der Waals surface area (Å²) in [7, 11) is 0. The maximum absolute atomic E-state index is 12.1. The number of allylic oxidation sites excluding steroid dienone is 2. The number of hydrogen-bond acceptors (Lipinski definition) is 2. The molecule has 62 valence electrons. The summed E-state index contributed by atoms with van der Waals surface area (Å²) >= 11 is 0. The molecule has 0 heterocycles. The summed E-state index contributed by atoms with van der Waals surface area (Å²) in [4.78, 5) is 0. The summed E-state index contributed by atoms with van der Waals surface area (Å²) in [5, 5.41) is 9.16. The summed E-state index contributed by atoms with van der Waals surface area (Å²) in [5.74, 6) is 0. The minimum atomic E-state index is -2.79. The first-order valence-corrected chi connectivity index (χ1v) is 3.19. The predicted molar refractivity (Wildman–Crippen MR) is 37.0 cm³/mol. The van der Waals surface area contributed by atoms with Gasteiger partial charge < -0.3 is 10.8 Å². The number of hydrogen-bond donors (Lipinski definition) is 2. The van der Waals surface area contributed by atoms with Gasteiger partial charge in [-0.2, -0.15) is 0 Å². The Hall–Kier alpha value is -0.900. The average molecular weight is 161 g/mol. The first-order chi connectivity index (χ1) is 5.04. The molecule has 1 unspecified atom stereocenters. The van der Waals surface area contributed by atoms with Crippen molar-refractivity contribution in [3.63, 3.8) is 0 Å². The Balaban J connectivity index is 2.78. The zero-order chi connectivity index (χ0) is 8.48. The molecule has 0 amide bonds. The third-order valence-electron chi connectivity index (χ3n) is 1.56. The molecule has 2 nitrogen and oxygen atoms in total. The molecule has 3 N–H and O–H groups in total. The molecular weight excluding hydrogens is 152 g/mol. The normalized spacial score (nSPS) is 30.7. The quantitative estimate of drug-likeness (QED) is 0.597. The number of aliphatic hydroxyl groups is 1. The highest BCUT2D eigenvalue weighted by molar-refractivity contribution is 5.23. The highest BCUT2D eigenvalue weighted by atomic mass is 19.3. The average Bonchev–Trinajstić information content (AvgIpc) is 1.86. The lowest BCUT2D eigenvalue weighted by Gasteiger charge is -2.25. The molecular formula is C7H9F2NO. The van der Waals surface area contributed by atoms with Crippen LogP contribution in [0.3, 0.4) is 0 Å². The van der Waals surface area contributed by atoms with Crippen molar-refractivity contribution in [1.82, 2.24) is 0 Å².